The molecule has 44 heavy (non-hydrogen) atoms. The number of aliphatic hydroxyl groups is 1. The minimum Gasteiger partial charge on any atom is -0.494 e. The van der Waals surface area contributed by atoms with E-state index in [0.29, 0.717) is 30.2 Å². The van der Waals surface area contributed by atoms with E-state index < -0.39 is 35.1 Å². The van der Waals surface area contributed by atoms with E-state index in [0.717, 1.165) is 10.8 Å². The van der Waals surface area contributed by atoms with Crippen molar-refractivity contribution < 1.29 is 29.0 Å². The van der Waals surface area contributed by atoms with Gasteiger partial charge in [-0.2, -0.15) is 0 Å². The Balaban J connectivity index is 1.37. The standard InChI is InChI=1S/C35H41N3O6/c1-6-43-26-15-13-24(14-16-26)36-31(40)28-29-33(42)38(27(19-39)20(2)3)30(35(29)18-21(4)34(28,5)44-35)32(41)37-25-12-11-22-9-7-8-10-23(22)17-25/h7-17,20-21,27-30,39H,6,18-19H2,1-5H3,(H,36,40)(H,37,41)/t21?,27-,28+,29-,30?,34-,35?/m0/s1. The Morgan fingerprint density at radius 3 is 2.34 bits per heavy atom. The summed E-state index contributed by atoms with van der Waals surface area (Å²) in [6.07, 6.45) is 0.440. The number of likely N-dealkylation sites (tertiary alicyclic amines) is 1. The van der Waals surface area contributed by atoms with Gasteiger partial charge in [0.1, 0.15) is 17.4 Å². The number of rotatable bonds is 9. The second kappa shape index (κ2) is 11.2. The molecule has 9 nitrogen and oxygen atoms in total. The van der Waals surface area contributed by atoms with Crippen LogP contribution < -0.4 is 15.4 Å². The maximum atomic E-state index is 14.5. The smallest absolute Gasteiger partial charge is 0.250 e. The zero-order valence-corrected chi connectivity index (χ0v) is 25.9. The summed E-state index contributed by atoms with van der Waals surface area (Å²) in [5, 5.41) is 18.6. The number of aliphatic hydroxyl groups excluding tert-OH is 1. The van der Waals surface area contributed by atoms with E-state index in [1.165, 1.54) is 4.90 Å². The molecular formula is C35H41N3O6. The molecular weight excluding hydrogens is 558 g/mol. The van der Waals surface area contributed by atoms with Crippen molar-refractivity contribution >= 4 is 39.9 Å². The summed E-state index contributed by atoms with van der Waals surface area (Å²) in [5.74, 6) is -2.33. The fourth-order valence-electron chi connectivity index (χ4n) is 7.85. The van der Waals surface area contributed by atoms with Crippen LogP contribution in [0.3, 0.4) is 0 Å². The molecule has 2 bridgehead atoms. The van der Waals surface area contributed by atoms with E-state index in [1.54, 1.807) is 24.3 Å². The van der Waals surface area contributed by atoms with Gasteiger partial charge in [-0.05, 0) is 79.3 Å². The predicted octanol–water partition coefficient (Wildman–Crippen LogP) is 4.84. The van der Waals surface area contributed by atoms with Crippen molar-refractivity contribution in [2.24, 2.45) is 23.7 Å². The van der Waals surface area contributed by atoms with Gasteiger partial charge in [0.15, 0.2) is 0 Å². The highest BCUT2D eigenvalue weighted by Crippen LogP contribution is 2.65. The van der Waals surface area contributed by atoms with Crippen molar-refractivity contribution in [3.8, 4) is 5.75 Å². The number of carbonyl (C=O) groups excluding carboxylic acids is 3. The minimum absolute atomic E-state index is 0.106. The van der Waals surface area contributed by atoms with Gasteiger partial charge in [-0.15, -0.1) is 0 Å². The number of nitrogens with one attached hydrogen (secondary N) is 2. The molecule has 7 atom stereocenters. The number of hydrogen-bond donors (Lipinski definition) is 3. The molecule has 3 N–H and O–H groups in total. The summed E-state index contributed by atoms with van der Waals surface area (Å²) >= 11 is 0. The van der Waals surface area contributed by atoms with Crippen LogP contribution >= 0.6 is 0 Å². The fraction of sp³-hybridized carbons (Fsp3) is 0.457. The number of amides is 3. The van der Waals surface area contributed by atoms with Crippen LogP contribution in [-0.2, 0) is 19.1 Å². The molecule has 232 valence electrons. The topological polar surface area (TPSA) is 117 Å². The van der Waals surface area contributed by atoms with E-state index in [2.05, 4.69) is 10.6 Å². The molecule has 9 heteroatoms. The molecule has 3 aromatic carbocycles. The molecule has 0 radical (unpaired) electrons. The summed E-state index contributed by atoms with van der Waals surface area (Å²) in [4.78, 5) is 44.5. The van der Waals surface area contributed by atoms with Gasteiger partial charge in [-0.1, -0.05) is 51.1 Å². The SMILES string of the molecule is CCOc1ccc(NC(=O)[C@H]2[C@H]3C(=O)N([C@@H](CO)C(C)C)C(C(=O)Nc4ccc5ccccc5c4)C34CC(C)[C@]2(C)O4)cc1. The Kier molecular flexibility index (Phi) is 7.66. The third kappa shape index (κ3) is 4.64. The van der Waals surface area contributed by atoms with E-state index in [1.807, 2.05) is 77.1 Å². The Labute approximate surface area is 257 Å². The first kappa shape index (κ1) is 30.1. The van der Waals surface area contributed by atoms with Crippen LogP contribution in [-0.4, -0.2) is 64.2 Å². The minimum atomic E-state index is -1.23. The Hall–Kier alpha value is -3.95. The van der Waals surface area contributed by atoms with Gasteiger partial charge in [0.2, 0.25) is 17.7 Å². The normalized spacial score (nSPS) is 29.6. The Bertz CT molecular complexity index is 1590. The van der Waals surface area contributed by atoms with Crippen LogP contribution in [0.1, 0.15) is 41.0 Å². The van der Waals surface area contributed by atoms with Crippen molar-refractivity contribution in [3.63, 3.8) is 0 Å². The zero-order chi connectivity index (χ0) is 31.4. The molecule has 3 unspecified atom stereocenters. The highest BCUT2D eigenvalue weighted by Gasteiger charge is 2.80. The fourth-order valence-corrected chi connectivity index (χ4v) is 7.85. The number of nitrogens with zero attached hydrogens (tertiary/aromatic N) is 1. The van der Waals surface area contributed by atoms with Crippen LogP contribution in [0.5, 0.6) is 5.75 Å². The molecule has 0 aromatic heterocycles. The molecule has 3 fully saturated rings. The van der Waals surface area contributed by atoms with Crippen molar-refractivity contribution in [1.82, 2.24) is 4.90 Å². The van der Waals surface area contributed by atoms with Gasteiger partial charge in [0, 0.05) is 11.4 Å². The summed E-state index contributed by atoms with van der Waals surface area (Å²) in [6.45, 7) is 9.84. The third-order valence-electron chi connectivity index (χ3n) is 10.0. The molecule has 3 saturated heterocycles. The Morgan fingerprint density at radius 1 is 1.02 bits per heavy atom. The number of hydrogen-bond acceptors (Lipinski definition) is 6. The molecule has 1 spiro atoms. The number of carbonyl (C=O) groups is 3. The van der Waals surface area contributed by atoms with Crippen LogP contribution in [0.25, 0.3) is 10.8 Å². The lowest BCUT2D eigenvalue weighted by Crippen LogP contribution is -2.57. The van der Waals surface area contributed by atoms with Gasteiger partial charge in [0.25, 0.3) is 0 Å². The third-order valence-corrected chi connectivity index (χ3v) is 10.0. The lowest BCUT2D eigenvalue weighted by molar-refractivity contribution is -0.149. The average Bonchev–Trinajstić information content (AvgIpc) is 3.51. The second-order valence-corrected chi connectivity index (χ2v) is 12.9. The molecule has 0 aliphatic carbocycles. The Morgan fingerprint density at radius 2 is 1.68 bits per heavy atom. The van der Waals surface area contributed by atoms with Gasteiger partial charge in [-0.3, -0.25) is 14.4 Å². The van der Waals surface area contributed by atoms with E-state index in [9.17, 15) is 19.5 Å². The van der Waals surface area contributed by atoms with Crippen molar-refractivity contribution in [2.45, 2.75) is 64.3 Å². The maximum Gasteiger partial charge on any atom is 0.250 e. The van der Waals surface area contributed by atoms with Gasteiger partial charge >= 0.3 is 0 Å². The number of anilines is 2. The lowest BCUT2D eigenvalue weighted by atomic mass is 9.62. The molecule has 6 rings (SSSR count). The first-order valence-electron chi connectivity index (χ1n) is 15.5. The molecule has 3 aliphatic heterocycles. The first-order valence-corrected chi connectivity index (χ1v) is 15.5. The zero-order valence-electron chi connectivity index (χ0n) is 25.9. The summed E-state index contributed by atoms with van der Waals surface area (Å²) in [5.41, 5.74) is -1.01. The van der Waals surface area contributed by atoms with Crippen LogP contribution in [0.15, 0.2) is 66.7 Å². The van der Waals surface area contributed by atoms with Gasteiger partial charge < -0.3 is 30.1 Å². The number of ether oxygens (including phenoxy) is 2. The largest absolute Gasteiger partial charge is 0.494 e. The van der Waals surface area contributed by atoms with Crippen molar-refractivity contribution in [2.75, 3.05) is 23.8 Å². The predicted molar refractivity (Wildman–Crippen MR) is 168 cm³/mol. The summed E-state index contributed by atoms with van der Waals surface area (Å²) in [7, 11) is 0. The monoisotopic (exact) mass is 599 g/mol. The van der Waals surface area contributed by atoms with Crippen molar-refractivity contribution in [1.29, 1.82) is 0 Å². The molecule has 3 aliphatic rings. The molecule has 3 heterocycles. The molecule has 0 saturated carbocycles. The molecule has 3 amide bonds. The molecule has 3 aromatic rings. The van der Waals surface area contributed by atoms with E-state index >= 15 is 0 Å². The van der Waals surface area contributed by atoms with Crippen LogP contribution in [0, 0.1) is 23.7 Å². The van der Waals surface area contributed by atoms with Gasteiger partial charge in [-0.25, -0.2) is 0 Å². The van der Waals surface area contributed by atoms with Crippen molar-refractivity contribution in [3.05, 3.63) is 66.7 Å². The number of benzene rings is 3. The highest BCUT2D eigenvalue weighted by atomic mass is 16.5. The van der Waals surface area contributed by atoms with E-state index in [4.69, 9.17) is 9.47 Å². The highest BCUT2D eigenvalue weighted by molar-refractivity contribution is 6.06. The number of fused-ring (bicyclic) bond motifs is 2. The van der Waals surface area contributed by atoms with E-state index in [-0.39, 0.29) is 36.2 Å². The lowest BCUT2D eigenvalue weighted by Gasteiger charge is -2.38. The average molecular weight is 600 g/mol. The quantitative estimate of drug-likeness (QED) is 0.324. The van der Waals surface area contributed by atoms with Crippen LogP contribution in [0.4, 0.5) is 11.4 Å². The van der Waals surface area contributed by atoms with Gasteiger partial charge in [0.05, 0.1) is 36.7 Å². The van der Waals surface area contributed by atoms with Crippen LogP contribution in [0.2, 0.25) is 0 Å². The maximum absolute atomic E-state index is 14.5. The first-order chi connectivity index (χ1) is 21.0. The summed E-state index contributed by atoms with van der Waals surface area (Å²) < 4.78 is 12.4. The second-order valence-electron chi connectivity index (χ2n) is 12.9. The summed E-state index contributed by atoms with van der Waals surface area (Å²) in [6, 6.07) is 19.0.